The Bertz CT molecular complexity index is 1250. The van der Waals surface area contributed by atoms with Crippen molar-refractivity contribution in [3.63, 3.8) is 0 Å². The molecule has 1 aliphatic rings. The summed E-state index contributed by atoms with van der Waals surface area (Å²) in [6, 6.07) is 12.5. The number of nitrogens with zero attached hydrogens (tertiary/aromatic N) is 1. The molecule has 0 aromatic heterocycles. The fourth-order valence-corrected chi connectivity index (χ4v) is 5.70. The molecule has 1 heterocycles. The summed E-state index contributed by atoms with van der Waals surface area (Å²) in [4.78, 5) is 27.0. The molecule has 2 aromatic rings. The largest absolute Gasteiger partial charge is 0.380 e. The zero-order valence-corrected chi connectivity index (χ0v) is 29.1. The number of likely N-dealkylation sites (N-methyl/N-ethyl adjacent to an activating group) is 1. The van der Waals surface area contributed by atoms with Gasteiger partial charge in [-0.25, -0.2) is 0 Å². The topological polar surface area (TPSA) is 110 Å². The number of hydrogen-bond donors (Lipinski definition) is 3. The average molecular weight is 682 g/mol. The number of hydrogen-bond acceptors (Lipinski definition) is 8. The van der Waals surface area contributed by atoms with Crippen LogP contribution in [0.3, 0.4) is 0 Å². The van der Waals surface area contributed by atoms with Gasteiger partial charge in [0.25, 0.3) is 0 Å². The maximum atomic E-state index is 12.4. The standard InChI is InChI=1S/C34H50Cl2N4O6/c1-5-43-13-10-38-32(41)34(2,3)33(42)39-11-14-45-16-18-46-17-15-44-12-9-37-22-25-7-6-8-26(19-25)29-23-40(4)24-30-28(29)20-27(35)21-31(30)36/h6-8,19-21,29,37H,5,9-18,22-24H2,1-4H3,(H,38,41)(H,39,42). The van der Waals surface area contributed by atoms with Crippen LogP contribution in [0.2, 0.25) is 10.0 Å². The molecule has 3 N–H and O–H groups in total. The Morgan fingerprint density at radius 1 is 0.870 bits per heavy atom. The minimum atomic E-state index is -1.18. The average Bonchev–Trinajstić information content (AvgIpc) is 3.03. The van der Waals surface area contributed by atoms with Gasteiger partial charge < -0.3 is 39.8 Å². The van der Waals surface area contributed by atoms with Crippen molar-refractivity contribution in [3.8, 4) is 0 Å². The van der Waals surface area contributed by atoms with E-state index in [0.717, 1.165) is 36.8 Å². The Morgan fingerprint density at radius 3 is 2.13 bits per heavy atom. The van der Waals surface area contributed by atoms with Crippen molar-refractivity contribution in [2.45, 2.75) is 39.8 Å². The van der Waals surface area contributed by atoms with Gasteiger partial charge in [-0.3, -0.25) is 9.59 Å². The Kier molecular flexibility index (Phi) is 16.7. The van der Waals surface area contributed by atoms with Gasteiger partial charge in [-0.15, -0.1) is 0 Å². The molecule has 0 aliphatic carbocycles. The van der Waals surface area contributed by atoms with Gasteiger partial charge in [0, 0.05) is 61.8 Å². The lowest BCUT2D eigenvalue weighted by molar-refractivity contribution is -0.141. The predicted molar refractivity (Wildman–Crippen MR) is 182 cm³/mol. The zero-order chi connectivity index (χ0) is 33.4. The van der Waals surface area contributed by atoms with Crippen molar-refractivity contribution in [2.75, 3.05) is 86.1 Å². The molecule has 10 nitrogen and oxygen atoms in total. The van der Waals surface area contributed by atoms with Crippen LogP contribution in [0.15, 0.2) is 36.4 Å². The summed E-state index contributed by atoms with van der Waals surface area (Å²) in [5, 5.41) is 10.3. The lowest BCUT2D eigenvalue weighted by Gasteiger charge is -2.33. The van der Waals surface area contributed by atoms with Crippen molar-refractivity contribution in [2.24, 2.45) is 5.41 Å². The monoisotopic (exact) mass is 680 g/mol. The maximum absolute atomic E-state index is 12.4. The number of carbonyl (C=O) groups excluding carboxylic acids is 2. The Hall–Kier alpha value is -2.28. The number of rotatable bonds is 21. The zero-order valence-electron chi connectivity index (χ0n) is 27.6. The summed E-state index contributed by atoms with van der Waals surface area (Å²) in [5.74, 6) is -0.473. The second-order valence-corrected chi connectivity index (χ2v) is 12.6. The highest BCUT2D eigenvalue weighted by atomic mass is 35.5. The van der Waals surface area contributed by atoms with E-state index < -0.39 is 5.41 Å². The fourth-order valence-electron chi connectivity index (χ4n) is 5.13. The molecule has 0 fully saturated rings. The van der Waals surface area contributed by atoms with E-state index in [0.29, 0.717) is 71.0 Å². The number of ether oxygens (including phenoxy) is 4. The molecule has 0 radical (unpaired) electrons. The molecular formula is C34H50Cl2N4O6. The van der Waals surface area contributed by atoms with Gasteiger partial charge in [0.1, 0.15) is 5.41 Å². The van der Waals surface area contributed by atoms with Gasteiger partial charge in [-0.2, -0.15) is 0 Å². The van der Waals surface area contributed by atoms with E-state index in [9.17, 15) is 9.59 Å². The van der Waals surface area contributed by atoms with Gasteiger partial charge in [0.2, 0.25) is 11.8 Å². The Morgan fingerprint density at radius 2 is 1.48 bits per heavy atom. The Balaban J connectivity index is 1.21. The number of amides is 2. The maximum Gasteiger partial charge on any atom is 0.235 e. The van der Waals surface area contributed by atoms with E-state index in [1.807, 2.05) is 13.0 Å². The minimum Gasteiger partial charge on any atom is -0.380 e. The van der Waals surface area contributed by atoms with Crippen LogP contribution in [-0.2, 0) is 41.6 Å². The molecule has 0 saturated heterocycles. The summed E-state index contributed by atoms with van der Waals surface area (Å²) < 4.78 is 21.9. The third-order valence-corrected chi connectivity index (χ3v) is 8.30. The molecule has 2 amide bonds. The molecule has 1 aliphatic heterocycles. The number of halogens is 2. The molecule has 256 valence electrons. The van der Waals surface area contributed by atoms with Crippen molar-refractivity contribution in [1.29, 1.82) is 0 Å². The molecule has 3 rings (SSSR count). The van der Waals surface area contributed by atoms with Crippen LogP contribution in [0.1, 0.15) is 48.9 Å². The third-order valence-electron chi connectivity index (χ3n) is 7.75. The normalized spacial score (nSPS) is 15.0. The third kappa shape index (κ3) is 12.4. The highest BCUT2D eigenvalue weighted by Gasteiger charge is 2.35. The molecule has 1 unspecified atom stereocenters. The molecule has 1 atom stereocenters. The number of benzene rings is 2. The van der Waals surface area contributed by atoms with E-state index in [4.69, 9.17) is 42.1 Å². The van der Waals surface area contributed by atoms with Crippen LogP contribution in [0, 0.1) is 5.41 Å². The van der Waals surface area contributed by atoms with Crippen molar-refractivity contribution >= 4 is 35.0 Å². The number of carbonyl (C=O) groups is 2. The van der Waals surface area contributed by atoms with Crippen LogP contribution >= 0.6 is 23.2 Å². The second kappa shape index (κ2) is 20.2. The molecule has 0 spiro atoms. The lowest BCUT2D eigenvalue weighted by Crippen LogP contribution is -2.49. The first-order chi connectivity index (χ1) is 22.1. The molecule has 0 bridgehead atoms. The highest BCUT2D eigenvalue weighted by molar-refractivity contribution is 6.35. The Labute approximate surface area is 283 Å². The minimum absolute atomic E-state index is 0.216. The van der Waals surface area contributed by atoms with Crippen LogP contribution in [0.5, 0.6) is 0 Å². The summed E-state index contributed by atoms with van der Waals surface area (Å²) in [7, 11) is 2.12. The van der Waals surface area contributed by atoms with E-state index >= 15 is 0 Å². The van der Waals surface area contributed by atoms with E-state index in [1.165, 1.54) is 16.7 Å². The second-order valence-electron chi connectivity index (χ2n) is 11.8. The molecule has 46 heavy (non-hydrogen) atoms. The number of nitrogens with one attached hydrogen (secondary N) is 3. The molecule has 2 aromatic carbocycles. The van der Waals surface area contributed by atoms with Crippen LogP contribution in [0.25, 0.3) is 0 Å². The quantitative estimate of drug-likeness (QED) is 0.134. The van der Waals surface area contributed by atoms with Crippen LogP contribution in [0.4, 0.5) is 0 Å². The first-order valence-electron chi connectivity index (χ1n) is 16.0. The van der Waals surface area contributed by atoms with Crippen molar-refractivity contribution < 1.29 is 28.5 Å². The lowest BCUT2D eigenvalue weighted by atomic mass is 9.84. The van der Waals surface area contributed by atoms with Gasteiger partial charge >= 0.3 is 0 Å². The fraction of sp³-hybridized carbons (Fsp3) is 0.588. The molecule has 12 heteroatoms. The van der Waals surface area contributed by atoms with Gasteiger partial charge in [0.05, 0.1) is 46.2 Å². The van der Waals surface area contributed by atoms with Crippen molar-refractivity contribution in [1.82, 2.24) is 20.9 Å². The predicted octanol–water partition coefficient (Wildman–Crippen LogP) is 4.01. The molecule has 0 saturated carbocycles. The first-order valence-corrected chi connectivity index (χ1v) is 16.7. The summed E-state index contributed by atoms with van der Waals surface area (Å²) in [5.41, 5.74) is 3.65. The van der Waals surface area contributed by atoms with Crippen LogP contribution in [-0.4, -0.2) is 103 Å². The SMILES string of the molecule is CCOCCNC(=O)C(C)(C)C(=O)NCCOCCOCCOCCNCc1cccc(C2CN(C)Cc3c(Cl)cc(Cl)cc32)c1. The molecular weight excluding hydrogens is 631 g/mol. The van der Waals surface area contributed by atoms with E-state index in [2.05, 4.69) is 58.2 Å². The highest BCUT2D eigenvalue weighted by Crippen LogP contribution is 2.38. The van der Waals surface area contributed by atoms with E-state index in [-0.39, 0.29) is 17.7 Å². The summed E-state index contributed by atoms with van der Waals surface area (Å²) in [6.07, 6.45) is 0. The van der Waals surface area contributed by atoms with Crippen molar-refractivity contribution in [3.05, 3.63) is 68.7 Å². The smallest absolute Gasteiger partial charge is 0.235 e. The summed E-state index contributed by atoms with van der Waals surface area (Å²) in [6.45, 7) is 12.7. The van der Waals surface area contributed by atoms with Gasteiger partial charge in [-0.05, 0) is 62.2 Å². The summed E-state index contributed by atoms with van der Waals surface area (Å²) >= 11 is 12.9. The van der Waals surface area contributed by atoms with Gasteiger partial charge in [-0.1, -0.05) is 47.5 Å². The first kappa shape index (κ1) is 38.2. The number of fused-ring (bicyclic) bond motifs is 1. The van der Waals surface area contributed by atoms with Crippen LogP contribution < -0.4 is 16.0 Å². The van der Waals surface area contributed by atoms with Gasteiger partial charge in [0.15, 0.2) is 0 Å². The van der Waals surface area contributed by atoms with E-state index in [1.54, 1.807) is 13.8 Å².